The number of nitrogens with two attached hydrogens (primary N) is 1. The van der Waals surface area contributed by atoms with E-state index >= 15 is 0 Å². The van der Waals surface area contributed by atoms with Crippen LogP contribution in [0, 0.1) is 5.41 Å². The van der Waals surface area contributed by atoms with E-state index in [4.69, 9.17) is 10.5 Å². The normalized spacial score (nSPS) is 12.6. The Bertz CT molecular complexity index is 745. The van der Waals surface area contributed by atoms with Crippen molar-refractivity contribution >= 4 is 22.8 Å². The molecule has 2 rings (SSSR count). The molecule has 0 fully saturated rings. The molecule has 5 heteroatoms. The van der Waals surface area contributed by atoms with Crippen LogP contribution in [-0.2, 0) is 16.1 Å². The molecule has 0 saturated carbocycles. The Morgan fingerprint density at radius 3 is 2.48 bits per heavy atom. The van der Waals surface area contributed by atoms with Crippen LogP contribution in [0.15, 0.2) is 42.5 Å². The summed E-state index contributed by atoms with van der Waals surface area (Å²) in [5, 5.41) is 5.16. The van der Waals surface area contributed by atoms with Gasteiger partial charge in [0.05, 0.1) is 6.42 Å². The topological polar surface area (TPSA) is 81.4 Å². The van der Waals surface area contributed by atoms with Crippen LogP contribution in [0.2, 0.25) is 0 Å². The fourth-order valence-electron chi connectivity index (χ4n) is 2.92. The maximum absolute atomic E-state index is 12.3. The summed E-state index contributed by atoms with van der Waals surface area (Å²) < 4.78 is 5.10. The third-order valence-electron chi connectivity index (χ3n) is 3.89. The third-order valence-corrected chi connectivity index (χ3v) is 3.89. The summed E-state index contributed by atoms with van der Waals surface area (Å²) in [6.45, 7) is 6.51. The molecule has 0 aromatic heterocycles. The molecule has 25 heavy (non-hydrogen) atoms. The predicted molar refractivity (Wildman–Crippen MR) is 98.9 cm³/mol. The summed E-state index contributed by atoms with van der Waals surface area (Å²) in [6, 6.07) is 14.1. The second-order valence-electron chi connectivity index (χ2n) is 7.44. The third kappa shape index (κ3) is 6.10. The number of hydrogen-bond acceptors (Lipinski definition) is 3. The Kier molecular flexibility index (Phi) is 6.02. The first-order valence-electron chi connectivity index (χ1n) is 8.44. The van der Waals surface area contributed by atoms with Gasteiger partial charge in [0, 0.05) is 6.54 Å². The van der Waals surface area contributed by atoms with E-state index < -0.39 is 12.2 Å². The van der Waals surface area contributed by atoms with Crippen molar-refractivity contribution in [2.24, 2.45) is 11.1 Å². The van der Waals surface area contributed by atoms with Gasteiger partial charge in [-0.1, -0.05) is 63.2 Å². The van der Waals surface area contributed by atoms with Gasteiger partial charge in [0.1, 0.15) is 6.10 Å². The zero-order valence-corrected chi connectivity index (χ0v) is 15.0. The van der Waals surface area contributed by atoms with Crippen molar-refractivity contribution < 1.29 is 14.3 Å². The second-order valence-corrected chi connectivity index (χ2v) is 7.44. The summed E-state index contributed by atoms with van der Waals surface area (Å²) in [4.78, 5) is 23.4. The van der Waals surface area contributed by atoms with Gasteiger partial charge in [-0.05, 0) is 28.2 Å². The summed E-state index contributed by atoms with van der Waals surface area (Å²) in [5.41, 5.74) is 6.10. The lowest BCUT2D eigenvalue weighted by atomic mass is 9.88. The highest BCUT2D eigenvalue weighted by Crippen LogP contribution is 2.24. The zero-order chi connectivity index (χ0) is 18.4. The molecular weight excluding hydrogens is 316 g/mol. The quantitative estimate of drug-likeness (QED) is 0.839. The molecule has 0 heterocycles. The van der Waals surface area contributed by atoms with Gasteiger partial charge < -0.3 is 15.8 Å². The molecule has 5 nitrogen and oxygen atoms in total. The van der Waals surface area contributed by atoms with Gasteiger partial charge in [0.15, 0.2) is 0 Å². The van der Waals surface area contributed by atoms with E-state index in [1.165, 1.54) is 0 Å². The van der Waals surface area contributed by atoms with E-state index in [1.54, 1.807) is 0 Å². The molecule has 0 aliphatic carbocycles. The molecule has 0 spiro atoms. The molecule has 2 aromatic carbocycles. The minimum absolute atomic E-state index is 0.0734. The van der Waals surface area contributed by atoms with E-state index in [9.17, 15) is 9.59 Å². The smallest absolute Gasteiger partial charge is 0.404 e. The molecule has 3 N–H and O–H groups in total. The fraction of sp³-hybridized carbons (Fsp3) is 0.400. The number of carbonyl (C=O) groups is 2. The van der Waals surface area contributed by atoms with Crippen LogP contribution in [0.5, 0.6) is 0 Å². The first kappa shape index (κ1) is 18.8. The summed E-state index contributed by atoms with van der Waals surface area (Å²) in [6.07, 6.45) is -0.705. The fourth-order valence-corrected chi connectivity index (χ4v) is 2.92. The molecule has 1 atom stereocenters. The Morgan fingerprint density at radius 1 is 1.12 bits per heavy atom. The number of nitrogens with one attached hydrogen (secondary N) is 1. The molecule has 0 radical (unpaired) electrons. The molecule has 0 aliphatic rings. The number of primary amides is 1. The van der Waals surface area contributed by atoms with Crippen molar-refractivity contribution in [3.05, 3.63) is 48.0 Å². The number of hydrogen-bond donors (Lipinski definition) is 2. The van der Waals surface area contributed by atoms with Crippen LogP contribution in [0.4, 0.5) is 4.79 Å². The summed E-state index contributed by atoms with van der Waals surface area (Å²) >= 11 is 0. The highest BCUT2D eigenvalue weighted by Gasteiger charge is 2.24. The standard InChI is InChI=1S/C20H26N2O3/c1-20(2,3)12-16(25-19(21)24)11-18(23)22-13-15-9-6-8-14-7-4-5-10-17(14)15/h4-10,16H,11-13H2,1-3H3,(H2,21,24)(H,22,23). The van der Waals surface area contributed by atoms with Crippen LogP contribution in [-0.4, -0.2) is 18.1 Å². The number of rotatable bonds is 6. The van der Waals surface area contributed by atoms with Crippen molar-refractivity contribution in [1.29, 1.82) is 0 Å². The molecule has 2 amide bonds. The lowest BCUT2D eigenvalue weighted by Crippen LogP contribution is -2.33. The Labute approximate surface area is 148 Å². The van der Waals surface area contributed by atoms with Crippen molar-refractivity contribution in [1.82, 2.24) is 5.32 Å². The number of fused-ring (bicyclic) bond motifs is 1. The maximum atomic E-state index is 12.3. The first-order valence-corrected chi connectivity index (χ1v) is 8.44. The lowest BCUT2D eigenvalue weighted by Gasteiger charge is -2.25. The van der Waals surface area contributed by atoms with Gasteiger partial charge in [-0.2, -0.15) is 0 Å². The maximum Gasteiger partial charge on any atom is 0.404 e. The lowest BCUT2D eigenvalue weighted by molar-refractivity contribution is -0.123. The molecule has 0 bridgehead atoms. The first-order chi connectivity index (χ1) is 11.7. The monoisotopic (exact) mass is 342 g/mol. The Hall–Kier alpha value is -2.56. The van der Waals surface area contributed by atoms with Crippen LogP contribution in [0.25, 0.3) is 10.8 Å². The Morgan fingerprint density at radius 2 is 1.80 bits per heavy atom. The summed E-state index contributed by atoms with van der Waals surface area (Å²) in [5.74, 6) is -0.163. The van der Waals surface area contributed by atoms with Gasteiger partial charge in [-0.25, -0.2) is 4.79 Å². The largest absolute Gasteiger partial charge is 0.446 e. The second kappa shape index (κ2) is 8.01. The number of amides is 2. The minimum Gasteiger partial charge on any atom is -0.446 e. The minimum atomic E-state index is -0.851. The van der Waals surface area contributed by atoms with Crippen LogP contribution in [0.3, 0.4) is 0 Å². The van der Waals surface area contributed by atoms with Crippen LogP contribution in [0.1, 0.15) is 39.2 Å². The molecule has 0 aliphatic heterocycles. The van der Waals surface area contributed by atoms with E-state index in [1.807, 2.05) is 63.2 Å². The SMILES string of the molecule is CC(C)(C)CC(CC(=O)NCc1cccc2ccccc12)OC(N)=O. The van der Waals surface area contributed by atoms with E-state index in [2.05, 4.69) is 5.32 Å². The number of ether oxygens (including phenoxy) is 1. The van der Waals surface area contributed by atoms with E-state index in [0.717, 1.165) is 16.3 Å². The molecule has 1 unspecified atom stereocenters. The van der Waals surface area contributed by atoms with Crippen molar-refractivity contribution in [2.75, 3.05) is 0 Å². The average molecular weight is 342 g/mol. The highest BCUT2D eigenvalue weighted by molar-refractivity contribution is 5.86. The van der Waals surface area contributed by atoms with Crippen LogP contribution < -0.4 is 11.1 Å². The number of carbonyl (C=O) groups excluding carboxylic acids is 2. The van der Waals surface area contributed by atoms with E-state index in [-0.39, 0.29) is 17.7 Å². The van der Waals surface area contributed by atoms with Gasteiger partial charge in [0.2, 0.25) is 5.91 Å². The average Bonchev–Trinajstić information content (AvgIpc) is 2.50. The highest BCUT2D eigenvalue weighted by atomic mass is 16.6. The molecule has 2 aromatic rings. The zero-order valence-electron chi connectivity index (χ0n) is 15.0. The predicted octanol–water partition coefficient (Wildman–Crippen LogP) is 3.75. The van der Waals surface area contributed by atoms with E-state index in [0.29, 0.717) is 13.0 Å². The molecule has 0 saturated heterocycles. The van der Waals surface area contributed by atoms with Crippen molar-refractivity contribution in [3.63, 3.8) is 0 Å². The van der Waals surface area contributed by atoms with Gasteiger partial charge in [-0.15, -0.1) is 0 Å². The van der Waals surface area contributed by atoms with Crippen molar-refractivity contribution in [3.8, 4) is 0 Å². The molecule has 134 valence electrons. The summed E-state index contributed by atoms with van der Waals surface area (Å²) in [7, 11) is 0. The van der Waals surface area contributed by atoms with Gasteiger partial charge in [0.25, 0.3) is 0 Å². The van der Waals surface area contributed by atoms with Gasteiger partial charge in [-0.3, -0.25) is 4.79 Å². The van der Waals surface area contributed by atoms with Crippen LogP contribution >= 0.6 is 0 Å². The Balaban J connectivity index is 1.99. The molecular formula is C20H26N2O3. The van der Waals surface area contributed by atoms with Gasteiger partial charge >= 0.3 is 6.09 Å². The number of benzene rings is 2. The van der Waals surface area contributed by atoms with Crippen molar-refractivity contribution in [2.45, 2.75) is 46.3 Å².